The minimum atomic E-state index is -0.122. The predicted octanol–water partition coefficient (Wildman–Crippen LogP) is 2.63. The average molecular weight is 358 g/mol. The molecule has 0 aliphatic carbocycles. The third-order valence-corrected chi connectivity index (χ3v) is 4.09. The van der Waals surface area contributed by atoms with Gasteiger partial charge in [0.15, 0.2) is 5.65 Å². The fourth-order valence-electron chi connectivity index (χ4n) is 2.77. The quantitative estimate of drug-likeness (QED) is 0.518. The SMILES string of the molecule is O=C(NCCNc1cc(-c2ccccc2)nc2ccnn12)c1ccncc1. The molecule has 0 aliphatic heterocycles. The normalized spacial score (nSPS) is 10.7. The molecule has 3 heterocycles. The van der Waals surface area contributed by atoms with Gasteiger partial charge in [-0.25, -0.2) is 4.98 Å². The van der Waals surface area contributed by atoms with E-state index in [9.17, 15) is 4.79 Å². The number of nitrogens with one attached hydrogen (secondary N) is 2. The van der Waals surface area contributed by atoms with Crippen molar-refractivity contribution in [1.82, 2.24) is 24.9 Å². The first-order valence-electron chi connectivity index (χ1n) is 8.63. The number of fused-ring (bicyclic) bond motifs is 1. The molecule has 0 radical (unpaired) electrons. The molecule has 1 aromatic carbocycles. The van der Waals surface area contributed by atoms with E-state index in [1.807, 2.05) is 42.5 Å². The molecular weight excluding hydrogens is 340 g/mol. The number of carbonyl (C=O) groups is 1. The van der Waals surface area contributed by atoms with Crippen LogP contribution in [0.15, 0.2) is 73.2 Å². The van der Waals surface area contributed by atoms with Crippen LogP contribution >= 0.6 is 0 Å². The molecule has 0 saturated carbocycles. The van der Waals surface area contributed by atoms with E-state index in [-0.39, 0.29) is 5.91 Å². The lowest BCUT2D eigenvalue weighted by Gasteiger charge is -2.11. The molecule has 2 N–H and O–H groups in total. The summed E-state index contributed by atoms with van der Waals surface area (Å²) in [6.07, 6.45) is 4.92. The zero-order chi connectivity index (χ0) is 18.5. The lowest BCUT2D eigenvalue weighted by Crippen LogP contribution is -2.29. The molecule has 4 aromatic rings. The molecule has 0 saturated heterocycles. The highest BCUT2D eigenvalue weighted by Crippen LogP contribution is 2.21. The van der Waals surface area contributed by atoms with Crippen molar-refractivity contribution in [2.24, 2.45) is 0 Å². The molecular formula is C20H18N6O. The first-order valence-corrected chi connectivity index (χ1v) is 8.63. The van der Waals surface area contributed by atoms with Crippen LogP contribution in [0, 0.1) is 0 Å². The van der Waals surface area contributed by atoms with Crippen LogP contribution < -0.4 is 10.6 Å². The molecule has 0 unspecified atom stereocenters. The number of benzene rings is 1. The minimum absolute atomic E-state index is 0.122. The van der Waals surface area contributed by atoms with E-state index in [2.05, 4.69) is 25.7 Å². The summed E-state index contributed by atoms with van der Waals surface area (Å²) in [5, 5.41) is 10.5. The van der Waals surface area contributed by atoms with Crippen molar-refractivity contribution < 1.29 is 4.79 Å². The molecule has 0 atom stereocenters. The summed E-state index contributed by atoms with van der Waals surface area (Å²) in [5.41, 5.74) is 3.26. The van der Waals surface area contributed by atoms with Gasteiger partial charge in [-0.05, 0) is 12.1 Å². The van der Waals surface area contributed by atoms with Gasteiger partial charge in [-0.2, -0.15) is 9.61 Å². The highest BCUT2D eigenvalue weighted by molar-refractivity contribution is 5.93. The summed E-state index contributed by atoms with van der Waals surface area (Å²) in [7, 11) is 0. The van der Waals surface area contributed by atoms with E-state index in [1.54, 1.807) is 35.2 Å². The Labute approximate surface area is 156 Å². The van der Waals surface area contributed by atoms with E-state index < -0.39 is 0 Å². The van der Waals surface area contributed by atoms with Crippen molar-refractivity contribution >= 4 is 17.4 Å². The van der Waals surface area contributed by atoms with Gasteiger partial charge in [0.05, 0.1) is 11.9 Å². The third-order valence-electron chi connectivity index (χ3n) is 4.09. The van der Waals surface area contributed by atoms with Crippen molar-refractivity contribution in [1.29, 1.82) is 0 Å². The van der Waals surface area contributed by atoms with Crippen molar-refractivity contribution in [2.75, 3.05) is 18.4 Å². The summed E-state index contributed by atoms with van der Waals surface area (Å²) < 4.78 is 1.75. The number of nitrogens with zero attached hydrogens (tertiary/aromatic N) is 4. The van der Waals surface area contributed by atoms with Crippen LogP contribution in [-0.4, -0.2) is 38.6 Å². The Kier molecular flexibility index (Phi) is 4.74. The molecule has 3 aromatic heterocycles. The van der Waals surface area contributed by atoms with E-state index >= 15 is 0 Å². The maximum absolute atomic E-state index is 12.1. The average Bonchev–Trinajstić information content (AvgIpc) is 3.21. The largest absolute Gasteiger partial charge is 0.368 e. The molecule has 27 heavy (non-hydrogen) atoms. The Hall–Kier alpha value is -3.74. The lowest BCUT2D eigenvalue weighted by molar-refractivity contribution is 0.0955. The fraction of sp³-hybridized carbons (Fsp3) is 0.100. The number of rotatable bonds is 6. The van der Waals surface area contributed by atoms with Crippen LogP contribution in [0.5, 0.6) is 0 Å². The Bertz CT molecular complexity index is 1050. The fourth-order valence-corrected chi connectivity index (χ4v) is 2.77. The Morgan fingerprint density at radius 1 is 0.963 bits per heavy atom. The van der Waals surface area contributed by atoms with Crippen molar-refractivity contribution in [3.63, 3.8) is 0 Å². The van der Waals surface area contributed by atoms with E-state index in [0.717, 1.165) is 22.7 Å². The molecule has 7 nitrogen and oxygen atoms in total. The lowest BCUT2D eigenvalue weighted by atomic mass is 10.1. The minimum Gasteiger partial charge on any atom is -0.368 e. The highest BCUT2D eigenvalue weighted by Gasteiger charge is 2.08. The van der Waals surface area contributed by atoms with Crippen LogP contribution in [0.1, 0.15) is 10.4 Å². The maximum Gasteiger partial charge on any atom is 0.251 e. The number of hydrogen-bond acceptors (Lipinski definition) is 5. The van der Waals surface area contributed by atoms with Crippen LogP contribution in [0.2, 0.25) is 0 Å². The number of hydrogen-bond donors (Lipinski definition) is 2. The van der Waals surface area contributed by atoms with E-state index in [0.29, 0.717) is 18.7 Å². The van der Waals surface area contributed by atoms with E-state index in [4.69, 9.17) is 0 Å². The Morgan fingerprint density at radius 3 is 2.59 bits per heavy atom. The van der Waals surface area contributed by atoms with Crippen LogP contribution in [-0.2, 0) is 0 Å². The van der Waals surface area contributed by atoms with Crippen LogP contribution in [0.25, 0.3) is 16.9 Å². The number of anilines is 1. The number of amides is 1. The highest BCUT2D eigenvalue weighted by atomic mass is 16.1. The van der Waals surface area contributed by atoms with Crippen molar-refractivity contribution in [3.05, 3.63) is 78.8 Å². The van der Waals surface area contributed by atoms with Crippen LogP contribution in [0.4, 0.5) is 5.82 Å². The smallest absolute Gasteiger partial charge is 0.251 e. The van der Waals surface area contributed by atoms with Gasteiger partial charge in [0.2, 0.25) is 0 Å². The van der Waals surface area contributed by atoms with Crippen molar-refractivity contribution in [2.45, 2.75) is 0 Å². The van der Waals surface area contributed by atoms with Gasteiger partial charge in [0, 0.05) is 48.7 Å². The van der Waals surface area contributed by atoms with Gasteiger partial charge < -0.3 is 10.6 Å². The number of aromatic nitrogens is 4. The topological polar surface area (TPSA) is 84.2 Å². The van der Waals surface area contributed by atoms with Gasteiger partial charge in [-0.3, -0.25) is 9.78 Å². The molecule has 0 fully saturated rings. The third kappa shape index (κ3) is 3.77. The molecule has 4 rings (SSSR count). The van der Waals surface area contributed by atoms with Gasteiger partial charge in [-0.1, -0.05) is 30.3 Å². The van der Waals surface area contributed by atoms with Crippen molar-refractivity contribution in [3.8, 4) is 11.3 Å². The summed E-state index contributed by atoms with van der Waals surface area (Å²) in [4.78, 5) is 20.6. The standard InChI is InChI=1S/C20H18N6O/c27-20(16-6-9-21-10-7-16)23-13-12-22-19-14-17(15-4-2-1-3-5-15)25-18-8-11-24-26(18)19/h1-11,14,22H,12-13H2,(H,23,27). The van der Waals surface area contributed by atoms with Gasteiger partial charge in [0.25, 0.3) is 5.91 Å². The summed E-state index contributed by atoms with van der Waals surface area (Å²) in [6, 6.07) is 17.2. The number of carbonyl (C=O) groups excluding carboxylic acids is 1. The summed E-state index contributed by atoms with van der Waals surface area (Å²) in [6.45, 7) is 1.04. The first kappa shape index (κ1) is 16.7. The molecule has 0 bridgehead atoms. The second kappa shape index (κ2) is 7.65. The second-order valence-electron chi connectivity index (χ2n) is 5.91. The second-order valence-corrected chi connectivity index (χ2v) is 5.91. The van der Waals surface area contributed by atoms with Crippen LogP contribution in [0.3, 0.4) is 0 Å². The summed E-state index contributed by atoms with van der Waals surface area (Å²) >= 11 is 0. The predicted molar refractivity (Wildman–Crippen MR) is 103 cm³/mol. The maximum atomic E-state index is 12.1. The zero-order valence-corrected chi connectivity index (χ0v) is 14.5. The summed E-state index contributed by atoms with van der Waals surface area (Å²) in [5.74, 6) is 0.699. The molecule has 134 valence electrons. The Balaban J connectivity index is 1.45. The first-order chi connectivity index (χ1) is 13.3. The van der Waals surface area contributed by atoms with Gasteiger partial charge in [-0.15, -0.1) is 0 Å². The monoisotopic (exact) mass is 358 g/mol. The zero-order valence-electron chi connectivity index (χ0n) is 14.5. The van der Waals surface area contributed by atoms with Gasteiger partial charge >= 0.3 is 0 Å². The Morgan fingerprint density at radius 2 is 1.78 bits per heavy atom. The molecule has 0 aliphatic rings. The molecule has 7 heteroatoms. The van der Waals surface area contributed by atoms with E-state index in [1.165, 1.54) is 0 Å². The number of pyridine rings is 1. The van der Waals surface area contributed by atoms with Gasteiger partial charge in [0.1, 0.15) is 5.82 Å². The molecule has 1 amide bonds. The molecule has 0 spiro atoms.